The molecule has 1 amide bonds. The lowest BCUT2D eigenvalue weighted by molar-refractivity contribution is 0.0575. The van der Waals surface area contributed by atoms with Crippen LogP contribution in [0, 0.1) is 5.95 Å². The maximum absolute atomic E-state index is 13.8. The molecule has 0 aromatic carbocycles. The lowest BCUT2D eigenvalue weighted by Crippen LogP contribution is -2.37. The average Bonchev–Trinajstić information content (AvgIpc) is 2.52. The van der Waals surface area contributed by atoms with E-state index in [-0.39, 0.29) is 23.7 Å². The summed E-state index contributed by atoms with van der Waals surface area (Å²) in [7, 11) is 0. The van der Waals surface area contributed by atoms with Crippen LogP contribution in [0.15, 0.2) is 30.5 Å². The van der Waals surface area contributed by atoms with Gasteiger partial charge in [0.1, 0.15) is 17.2 Å². The standard InChI is InChI=1S/C17H18FN3O4/c1-17(2,3)25-16(24)21(9-12-5-6-13(23)8-19-12)14-7-4-11(10-22)15(18)20-14/h4-8,10,23H,9H2,1-3H3. The molecule has 0 bridgehead atoms. The van der Waals surface area contributed by atoms with Gasteiger partial charge in [0.05, 0.1) is 24.0 Å². The molecule has 1 N–H and O–H groups in total. The zero-order valence-corrected chi connectivity index (χ0v) is 14.1. The molecule has 2 aromatic heterocycles. The van der Waals surface area contributed by atoms with Gasteiger partial charge in [0.15, 0.2) is 6.29 Å². The molecule has 0 saturated carbocycles. The lowest BCUT2D eigenvalue weighted by atomic mass is 10.2. The van der Waals surface area contributed by atoms with Gasteiger partial charge < -0.3 is 9.84 Å². The molecule has 0 aliphatic heterocycles. The number of hydrogen-bond acceptors (Lipinski definition) is 6. The van der Waals surface area contributed by atoms with Crippen LogP contribution in [0.2, 0.25) is 0 Å². The molecule has 132 valence electrons. The summed E-state index contributed by atoms with van der Waals surface area (Å²) >= 11 is 0. The number of aromatic hydroxyl groups is 1. The van der Waals surface area contributed by atoms with E-state index in [0.29, 0.717) is 12.0 Å². The number of halogens is 1. The lowest BCUT2D eigenvalue weighted by Gasteiger charge is -2.26. The van der Waals surface area contributed by atoms with Crippen LogP contribution in [0.3, 0.4) is 0 Å². The van der Waals surface area contributed by atoms with Crippen LogP contribution in [0.1, 0.15) is 36.8 Å². The number of aromatic nitrogens is 2. The average molecular weight is 347 g/mol. The molecule has 0 unspecified atom stereocenters. The van der Waals surface area contributed by atoms with Crippen molar-refractivity contribution in [1.29, 1.82) is 0 Å². The number of nitrogens with zero attached hydrogens (tertiary/aromatic N) is 3. The third-order valence-electron chi connectivity index (χ3n) is 3.01. The van der Waals surface area contributed by atoms with Crippen molar-refractivity contribution in [3.63, 3.8) is 0 Å². The van der Waals surface area contributed by atoms with Crippen molar-refractivity contribution < 1.29 is 23.8 Å². The molecule has 0 fully saturated rings. The number of carbonyl (C=O) groups is 2. The fourth-order valence-corrected chi connectivity index (χ4v) is 1.90. The van der Waals surface area contributed by atoms with Gasteiger partial charge in [0.2, 0.25) is 5.95 Å². The highest BCUT2D eigenvalue weighted by Gasteiger charge is 2.25. The number of aldehydes is 1. The Morgan fingerprint density at radius 2 is 2.04 bits per heavy atom. The fraction of sp³-hybridized carbons (Fsp3) is 0.294. The summed E-state index contributed by atoms with van der Waals surface area (Å²) in [4.78, 5) is 32.0. The van der Waals surface area contributed by atoms with E-state index in [1.807, 2.05) is 0 Å². The molecular formula is C17H18FN3O4. The highest BCUT2D eigenvalue weighted by atomic mass is 19.1. The number of ether oxygens (including phenoxy) is 1. The molecule has 8 heteroatoms. The Bertz CT molecular complexity index is 772. The van der Waals surface area contributed by atoms with Crippen molar-refractivity contribution in [3.05, 3.63) is 47.7 Å². The van der Waals surface area contributed by atoms with Gasteiger partial charge in [-0.1, -0.05) is 0 Å². The van der Waals surface area contributed by atoms with E-state index in [1.54, 1.807) is 20.8 Å². The Hall–Kier alpha value is -3.03. The Kier molecular flexibility index (Phi) is 5.31. The molecule has 0 atom stereocenters. The number of amides is 1. The first kappa shape index (κ1) is 18.3. The second-order valence-corrected chi connectivity index (χ2v) is 6.24. The van der Waals surface area contributed by atoms with E-state index in [1.165, 1.54) is 30.5 Å². The monoisotopic (exact) mass is 347 g/mol. The van der Waals surface area contributed by atoms with Crippen LogP contribution < -0.4 is 4.90 Å². The van der Waals surface area contributed by atoms with Gasteiger partial charge in [0, 0.05) is 0 Å². The minimum Gasteiger partial charge on any atom is -0.506 e. The third-order valence-corrected chi connectivity index (χ3v) is 3.01. The normalized spacial score (nSPS) is 11.0. The molecule has 2 heterocycles. The number of pyridine rings is 2. The minimum absolute atomic E-state index is 0.0211. The maximum Gasteiger partial charge on any atom is 0.416 e. The van der Waals surface area contributed by atoms with Crippen molar-refractivity contribution >= 4 is 18.2 Å². The van der Waals surface area contributed by atoms with Crippen LogP contribution in [0.25, 0.3) is 0 Å². The summed E-state index contributed by atoms with van der Waals surface area (Å²) in [5.41, 5.74) is -0.542. The predicted octanol–water partition coefficient (Wildman–Crippen LogP) is 3.08. The van der Waals surface area contributed by atoms with E-state index < -0.39 is 17.6 Å². The van der Waals surface area contributed by atoms with Gasteiger partial charge in [-0.05, 0) is 45.0 Å². The Morgan fingerprint density at radius 3 is 2.56 bits per heavy atom. The van der Waals surface area contributed by atoms with E-state index in [4.69, 9.17) is 4.74 Å². The zero-order chi connectivity index (χ0) is 18.6. The largest absolute Gasteiger partial charge is 0.506 e. The molecule has 25 heavy (non-hydrogen) atoms. The van der Waals surface area contributed by atoms with Crippen LogP contribution >= 0.6 is 0 Å². The molecule has 0 aliphatic carbocycles. The second-order valence-electron chi connectivity index (χ2n) is 6.24. The van der Waals surface area contributed by atoms with Gasteiger partial charge in [-0.3, -0.25) is 14.7 Å². The molecular weight excluding hydrogens is 329 g/mol. The summed E-state index contributed by atoms with van der Waals surface area (Å²) in [6.45, 7) is 5.05. The summed E-state index contributed by atoms with van der Waals surface area (Å²) in [5.74, 6) is -1.03. The Labute approximate surface area is 144 Å². The van der Waals surface area contributed by atoms with Gasteiger partial charge in [0.25, 0.3) is 0 Å². The number of rotatable bonds is 4. The van der Waals surface area contributed by atoms with Crippen LogP contribution in [-0.2, 0) is 11.3 Å². The third kappa shape index (κ3) is 4.97. The highest BCUT2D eigenvalue weighted by Crippen LogP contribution is 2.20. The number of carbonyl (C=O) groups excluding carboxylic acids is 2. The predicted molar refractivity (Wildman–Crippen MR) is 87.9 cm³/mol. The summed E-state index contributed by atoms with van der Waals surface area (Å²) in [6, 6.07) is 5.51. The molecule has 7 nitrogen and oxygen atoms in total. The van der Waals surface area contributed by atoms with Crippen LogP contribution in [-0.4, -0.2) is 33.1 Å². The van der Waals surface area contributed by atoms with Crippen molar-refractivity contribution in [3.8, 4) is 5.75 Å². The SMILES string of the molecule is CC(C)(C)OC(=O)N(Cc1ccc(O)cn1)c1ccc(C=O)c(F)n1. The van der Waals surface area contributed by atoms with Gasteiger partial charge in [-0.2, -0.15) is 4.39 Å². The van der Waals surface area contributed by atoms with Crippen LogP contribution in [0.4, 0.5) is 15.0 Å². The second kappa shape index (κ2) is 7.25. The Balaban J connectivity index is 2.37. The highest BCUT2D eigenvalue weighted by molar-refractivity contribution is 5.87. The first-order chi connectivity index (χ1) is 11.7. The van der Waals surface area contributed by atoms with Gasteiger partial charge in [-0.15, -0.1) is 0 Å². The first-order valence-corrected chi connectivity index (χ1v) is 7.46. The van der Waals surface area contributed by atoms with Crippen molar-refractivity contribution in [2.75, 3.05) is 4.90 Å². The molecule has 2 rings (SSSR count). The Morgan fingerprint density at radius 1 is 1.32 bits per heavy atom. The molecule has 0 radical (unpaired) electrons. The van der Waals surface area contributed by atoms with E-state index in [2.05, 4.69) is 9.97 Å². The topological polar surface area (TPSA) is 92.6 Å². The van der Waals surface area contributed by atoms with E-state index in [9.17, 15) is 19.1 Å². The van der Waals surface area contributed by atoms with Crippen molar-refractivity contribution in [1.82, 2.24) is 9.97 Å². The molecule has 0 spiro atoms. The minimum atomic E-state index is -0.986. The van der Waals surface area contributed by atoms with Crippen molar-refractivity contribution in [2.24, 2.45) is 0 Å². The maximum atomic E-state index is 13.8. The van der Waals surface area contributed by atoms with E-state index >= 15 is 0 Å². The summed E-state index contributed by atoms with van der Waals surface area (Å²) < 4.78 is 19.2. The summed E-state index contributed by atoms with van der Waals surface area (Å²) in [5, 5.41) is 9.30. The van der Waals surface area contributed by atoms with Gasteiger partial charge >= 0.3 is 6.09 Å². The summed E-state index contributed by atoms with van der Waals surface area (Å²) in [6.07, 6.45) is 0.825. The number of anilines is 1. The molecule has 2 aromatic rings. The van der Waals surface area contributed by atoms with Gasteiger partial charge in [-0.25, -0.2) is 9.78 Å². The zero-order valence-electron chi connectivity index (χ0n) is 14.1. The quantitative estimate of drug-likeness (QED) is 0.675. The molecule has 0 saturated heterocycles. The van der Waals surface area contributed by atoms with Crippen molar-refractivity contribution in [2.45, 2.75) is 32.9 Å². The molecule has 0 aliphatic rings. The smallest absolute Gasteiger partial charge is 0.416 e. The fourth-order valence-electron chi connectivity index (χ4n) is 1.90. The van der Waals surface area contributed by atoms with Crippen LogP contribution in [0.5, 0.6) is 5.75 Å². The first-order valence-electron chi connectivity index (χ1n) is 7.46. The number of hydrogen-bond donors (Lipinski definition) is 1. The van der Waals surface area contributed by atoms with E-state index in [0.717, 1.165) is 4.90 Å².